The predicted octanol–water partition coefficient (Wildman–Crippen LogP) is 1.02. The molecule has 1 aliphatic heterocycles. The van der Waals surface area contributed by atoms with Crippen LogP contribution in [0.5, 0.6) is 0 Å². The lowest BCUT2D eigenvalue weighted by Gasteiger charge is -2.37. The van der Waals surface area contributed by atoms with Crippen molar-refractivity contribution in [3.8, 4) is 0 Å². The third kappa shape index (κ3) is 7.09. The maximum absolute atomic E-state index is 12.3. The minimum atomic E-state index is -0.212. The zero-order valence-electron chi connectivity index (χ0n) is 16.1. The normalized spacial score (nSPS) is 36.0. The van der Waals surface area contributed by atoms with E-state index in [2.05, 4.69) is 47.4 Å². The molecule has 25 heavy (non-hydrogen) atoms. The molecule has 0 aromatic rings. The number of urea groups is 1. The summed E-state index contributed by atoms with van der Waals surface area (Å²) in [5.41, 5.74) is 5.53. The zero-order chi connectivity index (χ0) is 18.2. The highest BCUT2D eigenvalue weighted by Gasteiger charge is 2.28. The van der Waals surface area contributed by atoms with Crippen molar-refractivity contribution in [2.24, 2.45) is 17.6 Å². The monoisotopic (exact) mass is 354 g/mol. The molecule has 6 atom stereocenters. The van der Waals surface area contributed by atoms with Gasteiger partial charge in [0.1, 0.15) is 6.29 Å². The van der Waals surface area contributed by atoms with Gasteiger partial charge < -0.3 is 21.7 Å². The van der Waals surface area contributed by atoms with E-state index in [1.807, 2.05) is 0 Å². The molecule has 2 fully saturated rings. The van der Waals surface area contributed by atoms with Crippen molar-refractivity contribution in [3.05, 3.63) is 0 Å². The van der Waals surface area contributed by atoms with Gasteiger partial charge in [-0.1, -0.05) is 13.8 Å². The Kier molecular flexibility index (Phi) is 8.42. The summed E-state index contributed by atoms with van der Waals surface area (Å²) in [5, 5.41) is 16.5. The number of unbranched alkanes of at least 4 members (excludes halogenated alkanes) is 1. The Balaban J connectivity index is 1.71. The molecule has 1 heterocycles. The van der Waals surface area contributed by atoms with Gasteiger partial charge in [0.25, 0.3) is 0 Å². The second-order valence-electron chi connectivity index (χ2n) is 7.99. The minimum absolute atomic E-state index is 0.0901. The maximum atomic E-state index is 12.3. The third-order valence-electron chi connectivity index (χ3n) is 5.64. The predicted molar refractivity (Wildman–Crippen MR) is 102 cm³/mol. The molecule has 2 amide bonds. The van der Waals surface area contributed by atoms with Gasteiger partial charge in [-0.25, -0.2) is 4.79 Å². The fraction of sp³-hybridized carbons (Fsp3) is 0.944. The number of carbonyl (C=O) groups is 1. The highest BCUT2D eigenvalue weighted by Crippen LogP contribution is 2.29. The van der Waals surface area contributed by atoms with Crippen LogP contribution in [0, 0.1) is 11.8 Å². The lowest BCUT2D eigenvalue weighted by Crippen LogP contribution is -2.68. The van der Waals surface area contributed by atoms with E-state index in [0.29, 0.717) is 12.0 Å². The van der Waals surface area contributed by atoms with Crippen molar-refractivity contribution in [1.82, 2.24) is 26.6 Å². The quantitative estimate of drug-likeness (QED) is 0.383. The van der Waals surface area contributed by atoms with Crippen LogP contribution in [0.25, 0.3) is 0 Å². The molecule has 1 aliphatic carbocycles. The van der Waals surface area contributed by atoms with Crippen LogP contribution < -0.4 is 32.3 Å². The fourth-order valence-electron chi connectivity index (χ4n) is 3.83. The summed E-state index contributed by atoms with van der Waals surface area (Å²) in [6.07, 6.45) is 6.43. The number of nitrogens with one attached hydrogen (secondary N) is 5. The second-order valence-corrected chi connectivity index (χ2v) is 7.99. The SMILES string of the molecule is CC1CC(NCCCCN)NC(NC(=O)NC2CCC(C)C(C)C2)N1. The number of carbonyl (C=O) groups excluding carboxylic acids is 1. The first-order chi connectivity index (χ1) is 12.0. The summed E-state index contributed by atoms with van der Waals surface area (Å²) in [7, 11) is 0. The number of amides is 2. The Morgan fingerprint density at radius 3 is 2.56 bits per heavy atom. The van der Waals surface area contributed by atoms with Crippen LogP contribution in [0.2, 0.25) is 0 Å². The molecule has 0 spiro atoms. The van der Waals surface area contributed by atoms with Crippen molar-refractivity contribution in [1.29, 1.82) is 0 Å². The van der Waals surface area contributed by atoms with Gasteiger partial charge in [-0.3, -0.25) is 10.6 Å². The van der Waals surface area contributed by atoms with Gasteiger partial charge in [0.05, 0.1) is 6.17 Å². The third-order valence-corrected chi connectivity index (χ3v) is 5.64. The summed E-state index contributed by atoms with van der Waals surface area (Å²) in [4.78, 5) is 12.3. The van der Waals surface area contributed by atoms with Crippen LogP contribution in [-0.2, 0) is 0 Å². The molecule has 0 bridgehead atoms. The van der Waals surface area contributed by atoms with E-state index in [9.17, 15) is 4.79 Å². The van der Waals surface area contributed by atoms with Crippen molar-refractivity contribution >= 4 is 6.03 Å². The Bertz CT molecular complexity index is 407. The van der Waals surface area contributed by atoms with E-state index in [1.165, 1.54) is 6.42 Å². The second kappa shape index (κ2) is 10.3. The maximum Gasteiger partial charge on any atom is 0.317 e. The van der Waals surface area contributed by atoms with Crippen LogP contribution in [-0.4, -0.2) is 43.7 Å². The van der Waals surface area contributed by atoms with E-state index in [0.717, 1.165) is 51.1 Å². The van der Waals surface area contributed by atoms with Gasteiger partial charge in [0, 0.05) is 12.1 Å². The molecule has 1 saturated carbocycles. The van der Waals surface area contributed by atoms with Gasteiger partial charge in [-0.2, -0.15) is 0 Å². The fourth-order valence-corrected chi connectivity index (χ4v) is 3.83. The van der Waals surface area contributed by atoms with Gasteiger partial charge >= 0.3 is 6.03 Å². The molecule has 0 aromatic heterocycles. The Hall–Kier alpha value is -0.890. The van der Waals surface area contributed by atoms with E-state index < -0.39 is 0 Å². The van der Waals surface area contributed by atoms with Crippen molar-refractivity contribution in [3.63, 3.8) is 0 Å². The molecule has 6 unspecified atom stereocenters. The van der Waals surface area contributed by atoms with Gasteiger partial charge in [0.15, 0.2) is 0 Å². The minimum Gasteiger partial charge on any atom is -0.335 e. The van der Waals surface area contributed by atoms with Gasteiger partial charge in [0.2, 0.25) is 0 Å². The molecule has 1 saturated heterocycles. The topological polar surface area (TPSA) is 103 Å². The lowest BCUT2D eigenvalue weighted by molar-refractivity contribution is 0.178. The van der Waals surface area contributed by atoms with E-state index in [-0.39, 0.29) is 24.5 Å². The Morgan fingerprint density at radius 1 is 1.04 bits per heavy atom. The van der Waals surface area contributed by atoms with Crippen molar-refractivity contribution in [2.75, 3.05) is 13.1 Å². The van der Waals surface area contributed by atoms with Gasteiger partial charge in [-0.15, -0.1) is 0 Å². The van der Waals surface area contributed by atoms with Gasteiger partial charge in [-0.05, 0) is 70.4 Å². The largest absolute Gasteiger partial charge is 0.335 e. The zero-order valence-corrected chi connectivity index (χ0v) is 16.1. The smallest absolute Gasteiger partial charge is 0.317 e. The van der Waals surface area contributed by atoms with Crippen molar-refractivity contribution in [2.45, 2.75) is 83.8 Å². The molecule has 7 N–H and O–H groups in total. The average Bonchev–Trinajstić information content (AvgIpc) is 2.54. The first-order valence-corrected chi connectivity index (χ1v) is 10.0. The first kappa shape index (κ1) is 20.4. The Morgan fingerprint density at radius 2 is 1.84 bits per heavy atom. The lowest BCUT2D eigenvalue weighted by atomic mass is 9.79. The molecule has 0 radical (unpaired) electrons. The van der Waals surface area contributed by atoms with Crippen molar-refractivity contribution < 1.29 is 4.79 Å². The molecule has 2 rings (SSSR count). The molecular weight excluding hydrogens is 316 g/mol. The molecule has 7 nitrogen and oxygen atoms in total. The van der Waals surface area contributed by atoms with Crippen LogP contribution in [0.3, 0.4) is 0 Å². The van der Waals surface area contributed by atoms with Crippen LogP contribution >= 0.6 is 0 Å². The number of rotatable bonds is 7. The number of hydrogen-bond donors (Lipinski definition) is 6. The molecule has 0 aromatic carbocycles. The highest BCUT2D eigenvalue weighted by atomic mass is 16.2. The summed E-state index contributed by atoms with van der Waals surface area (Å²) in [6.45, 7) is 8.41. The van der Waals surface area contributed by atoms with E-state index >= 15 is 0 Å². The highest BCUT2D eigenvalue weighted by molar-refractivity contribution is 5.74. The first-order valence-electron chi connectivity index (χ1n) is 10.0. The standard InChI is InChI=1S/C18H38N6O/c1-12-6-7-15(10-13(12)2)22-18(25)24-17-21-14(3)11-16(23-17)20-9-5-4-8-19/h12-17,20-21,23H,4-11,19H2,1-3H3,(H2,22,24,25). The molecular formula is C18H38N6O. The summed E-state index contributed by atoms with van der Waals surface area (Å²) in [6, 6.07) is 0.541. The van der Waals surface area contributed by atoms with E-state index in [4.69, 9.17) is 5.73 Å². The van der Waals surface area contributed by atoms with E-state index in [1.54, 1.807) is 0 Å². The van der Waals surface area contributed by atoms with Crippen LogP contribution in [0.1, 0.15) is 59.3 Å². The van der Waals surface area contributed by atoms with Crippen LogP contribution in [0.4, 0.5) is 4.79 Å². The molecule has 146 valence electrons. The summed E-state index contributed by atoms with van der Waals surface area (Å²) >= 11 is 0. The molecule has 2 aliphatic rings. The number of nitrogens with two attached hydrogens (primary N) is 1. The molecule has 7 heteroatoms. The van der Waals surface area contributed by atoms with Crippen LogP contribution in [0.15, 0.2) is 0 Å². The summed E-state index contributed by atoms with van der Waals surface area (Å²) in [5.74, 6) is 1.43. The summed E-state index contributed by atoms with van der Waals surface area (Å²) < 4.78 is 0. The average molecular weight is 355 g/mol. The number of hydrogen-bond acceptors (Lipinski definition) is 5. The Labute approximate surface area is 152 Å².